The van der Waals surface area contributed by atoms with Crippen LogP contribution in [0.1, 0.15) is 24.2 Å². The van der Waals surface area contributed by atoms with Crippen LogP contribution in [0.5, 0.6) is 0 Å². The summed E-state index contributed by atoms with van der Waals surface area (Å²) < 4.78 is 5.29. The highest BCUT2D eigenvalue weighted by molar-refractivity contribution is 5.85. The summed E-state index contributed by atoms with van der Waals surface area (Å²) in [4.78, 5) is 6.58. The Labute approximate surface area is 132 Å². The highest BCUT2D eigenvalue weighted by Crippen LogP contribution is 2.07. The van der Waals surface area contributed by atoms with Crippen molar-refractivity contribution < 1.29 is 4.52 Å². The molecule has 1 aromatic carbocycles. The fourth-order valence-electron chi connectivity index (χ4n) is 2.00. The zero-order valence-electron chi connectivity index (χ0n) is 12.7. The van der Waals surface area contributed by atoms with Crippen molar-refractivity contribution in [1.82, 2.24) is 20.4 Å². The molecule has 1 N–H and O–H groups in total. The summed E-state index contributed by atoms with van der Waals surface area (Å²) >= 11 is 0. The van der Waals surface area contributed by atoms with Crippen LogP contribution in [0.3, 0.4) is 0 Å². The van der Waals surface area contributed by atoms with Crippen molar-refractivity contribution in [3.05, 3.63) is 47.6 Å². The minimum atomic E-state index is 0. The molecular weight excluding hydrogens is 288 g/mol. The van der Waals surface area contributed by atoms with Gasteiger partial charge < -0.3 is 9.84 Å². The zero-order valence-corrected chi connectivity index (χ0v) is 13.6. The number of halogens is 1. The largest absolute Gasteiger partial charge is 0.338 e. The molecule has 0 bridgehead atoms. The number of aromatic nitrogens is 2. The molecule has 2 aromatic rings. The first-order chi connectivity index (χ1) is 9.67. The van der Waals surface area contributed by atoms with Crippen LogP contribution >= 0.6 is 12.4 Å². The van der Waals surface area contributed by atoms with Gasteiger partial charge in [-0.25, -0.2) is 0 Å². The van der Waals surface area contributed by atoms with Gasteiger partial charge in [-0.1, -0.05) is 35.5 Å². The summed E-state index contributed by atoms with van der Waals surface area (Å²) in [5, 5.41) is 7.18. The van der Waals surface area contributed by atoms with E-state index in [0.717, 1.165) is 18.8 Å². The van der Waals surface area contributed by atoms with Gasteiger partial charge in [0.1, 0.15) is 0 Å². The Bertz CT molecular complexity index is 517. The van der Waals surface area contributed by atoms with Gasteiger partial charge in [0, 0.05) is 19.0 Å². The van der Waals surface area contributed by atoms with Gasteiger partial charge in [-0.3, -0.25) is 4.90 Å². The molecule has 1 atom stereocenters. The fraction of sp³-hybridized carbons (Fsp3) is 0.467. The van der Waals surface area contributed by atoms with Crippen molar-refractivity contribution >= 4 is 12.4 Å². The number of benzene rings is 1. The predicted molar refractivity (Wildman–Crippen MR) is 85.4 cm³/mol. The molecule has 2 rings (SSSR count). The normalized spacial score (nSPS) is 12.2. The second-order valence-corrected chi connectivity index (χ2v) is 5.16. The first-order valence-corrected chi connectivity index (χ1v) is 6.88. The molecule has 0 spiro atoms. The van der Waals surface area contributed by atoms with Crippen LogP contribution in [0.2, 0.25) is 0 Å². The third-order valence-corrected chi connectivity index (χ3v) is 3.19. The molecule has 0 aliphatic heterocycles. The molecule has 0 saturated heterocycles. The SMILES string of the molecule is CNC(C)Cc1noc(CN(C)Cc2ccccc2)n1.Cl. The Morgan fingerprint density at radius 2 is 1.95 bits per heavy atom. The van der Waals surface area contributed by atoms with E-state index in [1.807, 2.05) is 32.3 Å². The van der Waals surface area contributed by atoms with E-state index in [0.29, 0.717) is 18.5 Å². The number of hydrogen-bond donors (Lipinski definition) is 1. The van der Waals surface area contributed by atoms with Crippen molar-refractivity contribution in [2.45, 2.75) is 32.5 Å². The van der Waals surface area contributed by atoms with Crippen molar-refractivity contribution in [3.8, 4) is 0 Å². The fourth-order valence-corrected chi connectivity index (χ4v) is 2.00. The topological polar surface area (TPSA) is 54.2 Å². The lowest BCUT2D eigenvalue weighted by atomic mass is 10.2. The highest BCUT2D eigenvalue weighted by Gasteiger charge is 2.11. The summed E-state index contributed by atoms with van der Waals surface area (Å²) in [7, 11) is 3.98. The van der Waals surface area contributed by atoms with Gasteiger partial charge in [0.15, 0.2) is 5.82 Å². The van der Waals surface area contributed by atoms with Crippen molar-refractivity contribution in [2.24, 2.45) is 0 Å². The maximum absolute atomic E-state index is 5.29. The van der Waals surface area contributed by atoms with Gasteiger partial charge in [0.2, 0.25) is 5.89 Å². The van der Waals surface area contributed by atoms with Crippen LogP contribution < -0.4 is 5.32 Å². The quantitative estimate of drug-likeness (QED) is 0.850. The average molecular weight is 311 g/mol. The Kier molecular flexibility index (Phi) is 7.36. The average Bonchev–Trinajstić information content (AvgIpc) is 2.86. The molecule has 1 unspecified atom stereocenters. The van der Waals surface area contributed by atoms with Gasteiger partial charge in [-0.15, -0.1) is 12.4 Å². The van der Waals surface area contributed by atoms with E-state index in [4.69, 9.17) is 4.52 Å². The number of hydrogen-bond acceptors (Lipinski definition) is 5. The van der Waals surface area contributed by atoms with E-state index in [1.54, 1.807) is 0 Å². The van der Waals surface area contributed by atoms with Crippen molar-refractivity contribution in [3.63, 3.8) is 0 Å². The molecule has 21 heavy (non-hydrogen) atoms. The summed E-state index contributed by atoms with van der Waals surface area (Å²) in [5.74, 6) is 1.43. The molecule has 5 nitrogen and oxygen atoms in total. The Hall–Kier alpha value is -1.43. The number of rotatable bonds is 7. The molecule has 0 fully saturated rings. The number of likely N-dealkylation sites (N-methyl/N-ethyl adjacent to an activating group) is 1. The van der Waals surface area contributed by atoms with Crippen LogP contribution in [-0.4, -0.2) is 35.2 Å². The van der Waals surface area contributed by atoms with Crippen LogP contribution in [0.15, 0.2) is 34.9 Å². The first kappa shape index (κ1) is 17.6. The number of nitrogens with zero attached hydrogens (tertiary/aromatic N) is 3. The lowest BCUT2D eigenvalue weighted by Crippen LogP contribution is -2.24. The maximum Gasteiger partial charge on any atom is 0.240 e. The molecule has 0 aliphatic carbocycles. The van der Waals surface area contributed by atoms with E-state index in [-0.39, 0.29) is 12.4 Å². The molecule has 6 heteroatoms. The standard InChI is InChI=1S/C15H22N4O.ClH/c1-12(16-2)9-14-17-15(20-18-14)11-19(3)10-13-7-5-4-6-8-13;/h4-8,12,16H,9-11H2,1-3H3;1H. The first-order valence-electron chi connectivity index (χ1n) is 6.88. The van der Waals surface area contributed by atoms with Crippen molar-refractivity contribution in [2.75, 3.05) is 14.1 Å². The monoisotopic (exact) mass is 310 g/mol. The lowest BCUT2D eigenvalue weighted by molar-refractivity contribution is 0.260. The minimum Gasteiger partial charge on any atom is -0.338 e. The Morgan fingerprint density at radius 1 is 1.24 bits per heavy atom. The molecule has 116 valence electrons. The minimum absolute atomic E-state index is 0. The van der Waals surface area contributed by atoms with Crippen LogP contribution in [0.4, 0.5) is 0 Å². The second-order valence-electron chi connectivity index (χ2n) is 5.16. The Balaban J connectivity index is 0.00000220. The third kappa shape index (κ3) is 5.83. The molecule has 0 aliphatic rings. The van der Waals surface area contributed by atoms with E-state index in [2.05, 4.69) is 39.4 Å². The van der Waals surface area contributed by atoms with E-state index < -0.39 is 0 Å². The molecule has 0 radical (unpaired) electrons. The third-order valence-electron chi connectivity index (χ3n) is 3.19. The van der Waals surface area contributed by atoms with Crippen molar-refractivity contribution in [1.29, 1.82) is 0 Å². The van der Waals surface area contributed by atoms with E-state index >= 15 is 0 Å². The summed E-state index contributed by atoms with van der Waals surface area (Å²) in [5.41, 5.74) is 1.28. The van der Waals surface area contributed by atoms with Crippen LogP contribution in [-0.2, 0) is 19.5 Å². The summed E-state index contributed by atoms with van der Waals surface area (Å²) in [6, 6.07) is 10.7. The van der Waals surface area contributed by atoms with Gasteiger partial charge in [-0.2, -0.15) is 4.98 Å². The Morgan fingerprint density at radius 3 is 2.62 bits per heavy atom. The smallest absolute Gasteiger partial charge is 0.240 e. The summed E-state index contributed by atoms with van der Waals surface area (Å²) in [6.07, 6.45) is 0.780. The predicted octanol–water partition coefficient (Wildman–Crippen LogP) is 2.27. The van der Waals surface area contributed by atoms with Crippen LogP contribution in [0.25, 0.3) is 0 Å². The zero-order chi connectivity index (χ0) is 14.4. The molecule has 1 heterocycles. The van der Waals surface area contributed by atoms with E-state index in [9.17, 15) is 0 Å². The molecule has 0 saturated carbocycles. The van der Waals surface area contributed by atoms with Gasteiger partial charge in [0.05, 0.1) is 6.54 Å². The number of nitrogens with one attached hydrogen (secondary N) is 1. The molecule has 0 amide bonds. The van der Waals surface area contributed by atoms with Gasteiger partial charge >= 0.3 is 0 Å². The summed E-state index contributed by atoms with van der Waals surface area (Å²) in [6.45, 7) is 3.62. The van der Waals surface area contributed by atoms with E-state index in [1.165, 1.54) is 5.56 Å². The lowest BCUT2D eigenvalue weighted by Gasteiger charge is -2.13. The van der Waals surface area contributed by atoms with Gasteiger partial charge in [0.25, 0.3) is 0 Å². The highest BCUT2D eigenvalue weighted by atomic mass is 35.5. The molecular formula is C15H23ClN4O. The van der Waals surface area contributed by atoms with Gasteiger partial charge in [-0.05, 0) is 26.6 Å². The second kappa shape index (κ2) is 8.77. The van der Waals surface area contributed by atoms with Crippen LogP contribution in [0, 0.1) is 0 Å². The maximum atomic E-state index is 5.29. The molecule has 1 aromatic heterocycles.